The standard InChI is InChI=1S/C19H15FN2OS/c1-13-4-2-3-5-14(13)10-23-16-9-19(24-11-16)22-12-21-17-7-6-15(20)8-18(17)22/h2-9,11-12H,10H2,1H3. The zero-order valence-corrected chi connectivity index (χ0v) is 13.9. The number of ether oxygens (including phenoxy) is 1. The van der Waals surface area contributed by atoms with E-state index in [1.807, 2.05) is 28.1 Å². The number of aryl methyl sites for hydroxylation is 1. The van der Waals surface area contributed by atoms with Crippen LogP contribution in [-0.4, -0.2) is 9.55 Å². The molecule has 120 valence electrons. The molecule has 2 aromatic heterocycles. The fourth-order valence-corrected chi connectivity index (χ4v) is 3.42. The van der Waals surface area contributed by atoms with Gasteiger partial charge in [-0.15, -0.1) is 11.3 Å². The van der Waals surface area contributed by atoms with Crippen molar-refractivity contribution in [1.82, 2.24) is 9.55 Å². The summed E-state index contributed by atoms with van der Waals surface area (Å²) >= 11 is 1.54. The van der Waals surface area contributed by atoms with Gasteiger partial charge in [0.25, 0.3) is 0 Å². The Morgan fingerprint density at radius 1 is 1.17 bits per heavy atom. The van der Waals surface area contributed by atoms with E-state index >= 15 is 0 Å². The number of hydrogen-bond acceptors (Lipinski definition) is 3. The summed E-state index contributed by atoms with van der Waals surface area (Å²) in [5, 5.41) is 2.90. The first kappa shape index (κ1) is 14.9. The van der Waals surface area contributed by atoms with Crippen LogP contribution >= 0.6 is 11.3 Å². The van der Waals surface area contributed by atoms with Crippen molar-refractivity contribution in [3.8, 4) is 10.8 Å². The zero-order valence-electron chi connectivity index (χ0n) is 13.1. The van der Waals surface area contributed by atoms with Crippen molar-refractivity contribution in [1.29, 1.82) is 0 Å². The molecule has 4 rings (SSSR count). The van der Waals surface area contributed by atoms with Crippen molar-refractivity contribution in [3.63, 3.8) is 0 Å². The molecular formula is C19H15FN2OS. The van der Waals surface area contributed by atoms with Crippen LogP contribution in [0.25, 0.3) is 16.0 Å². The normalized spacial score (nSPS) is 11.1. The van der Waals surface area contributed by atoms with Crippen molar-refractivity contribution < 1.29 is 9.13 Å². The molecule has 0 unspecified atom stereocenters. The minimum atomic E-state index is -0.267. The van der Waals surface area contributed by atoms with Gasteiger partial charge in [-0.25, -0.2) is 9.37 Å². The van der Waals surface area contributed by atoms with Crippen molar-refractivity contribution in [2.45, 2.75) is 13.5 Å². The average molecular weight is 338 g/mol. The van der Waals surface area contributed by atoms with Gasteiger partial charge in [0.1, 0.15) is 29.5 Å². The van der Waals surface area contributed by atoms with Crippen molar-refractivity contribution >= 4 is 22.4 Å². The Bertz CT molecular complexity index is 1010. The van der Waals surface area contributed by atoms with Gasteiger partial charge < -0.3 is 4.74 Å². The number of hydrogen-bond donors (Lipinski definition) is 0. The van der Waals surface area contributed by atoms with Crippen LogP contribution in [0.2, 0.25) is 0 Å². The topological polar surface area (TPSA) is 27.1 Å². The Morgan fingerprint density at radius 3 is 2.92 bits per heavy atom. The highest BCUT2D eigenvalue weighted by atomic mass is 32.1. The smallest absolute Gasteiger partial charge is 0.132 e. The van der Waals surface area contributed by atoms with Crippen molar-refractivity contribution in [2.24, 2.45) is 0 Å². The maximum absolute atomic E-state index is 13.5. The van der Waals surface area contributed by atoms with Crippen LogP contribution in [0.15, 0.2) is 60.2 Å². The van der Waals surface area contributed by atoms with Crippen LogP contribution in [0, 0.1) is 12.7 Å². The summed E-state index contributed by atoms with van der Waals surface area (Å²) in [6.45, 7) is 2.60. The molecule has 0 aliphatic carbocycles. The molecule has 0 saturated heterocycles. The quantitative estimate of drug-likeness (QED) is 0.517. The second-order valence-corrected chi connectivity index (χ2v) is 6.47. The first-order valence-electron chi connectivity index (χ1n) is 7.59. The number of rotatable bonds is 4. The summed E-state index contributed by atoms with van der Waals surface area (Å²) < 4.78 is 21.3. The van der Waals surface area contributed by atoms with Crippen LogP contribution in [0.3, 0.4) is 0 Å². The number of aromatic nitrogens is 2. The Labute approximate surface area is 143 Å². The Kier molecular flexibility index (Phi) is 3.78. The van der Waals surface area contributed by atoms with E-state index in [1.165, 1.54) is 23.3 Å². The van der Waals surface area contributed by atoms with Gasteiger partial charge >= 0.3 is 0 Å². The fourth-order valence-electron chi connectivity index (χ4n) is 2.60. The number of halogens is 1. The third-order valence-corrected chi connectivity index (χ3v) is 4.87. The van der Waals surface area contributed by atoms with E-state index in [1.54, 1.807) is 23.7 Å². The molecule has 0 radical (unpaired) electrons. The highest BCUT2D eigenvalue weighted by Crippen LogP contribution is 2.29. The first-order chi connectivity index (χ1) is 11.7. The molecule has 4 aromatic rings. The molecule has 2 aromatic carbocycles. The highest BCUT2D eigenvalue weighted by Gasteiger charge is 2.09. The van der Waals surface area contributed by atoms with Crippen molar-refractivity contribution in [2.75, 3.05) is 0 Å². The van der Waals surface area contributed by atoms with Gasteiger partial charge in [0.2, 0.25) is 0 Å². The maximum atomic E-state index is 13.5. The lowest BCUT2D eigenvalue weighted by Crippen LogP contribution is -1.96. The number of thiophene rings is 1. The molecule has 0 bridgehead atoms. The monoisotopic (exact) mass is 338 g/mol. The summed E-state index contributed by atoms with van der Waals surface area (Å²) in [6, 6.07) is 14.7. The molecule has 0 aliphatic rings. The highest BCUT2D eigenvalue weighted by molar-refractivity contribution is 7.12. The minimum absolute atomic E-state index is 0.267. The van der Waals surface area contributed by atoms with Crippen LogP contribution in [0.4, 0.5) is 4.39 Å². The van der Waals surface area contributed by atoms with Gasteiger partial charge in [0.15, 0.2) is 0 Å². The van der Waals surface area contributed by atoms with Crippen LogP contribution in [0.1, 0.15) is 11.1 Å². The fraction of sp³-hybridized carbons (Fsp3) is 0.105. The van der Waals surface area contributed by atoms with E-state index in [-0.39, 0.29) is 5.82 Å². The number of benzene rings is 2. The lowest BCUT2D eigenvalue weighted by atomic mass is 10.1. The summed E-state index contributed by atoms with van der Waals surface area (Å²) in [5.41, 5.74) is 3.90. The second-order valence-electron chi connectivity index (χ2n) is 5.58. The molecule has 0 N–H and O–H groups in total. The largest absolute Gasteiger partial charge is 0.488 e. The van der Waals surface area contributed by atoms with Gasteiger partial charge in [-0.2, -0.15) is 0 Å². The van der Waals surface area contributed by atoms with Crippen LogP contribution in [-0.2, 0) is 6.61 Å². The molecule has 3 nitrogen and oxygen atoms in total. The molecule has 5 heteroatoms. The molecular weight excluding hydrogens is 323 g/mol. The van der Waals surface area contributed by atoms with E-state index < -0.39 is 0 Å². The predicted molar refractivity (Wildman–Crippen MR) is 94.4 cm³/mol. The lowest BCUT2D eigenvalue weighted by molar-refractivity contribution is 0.307. The Hall–Kier alpha value is -2.66. The third kappa shape index (κ3) is 2.78. The predicted octanol–water partition coefficient (Wildman–Crippen LogP) is 5.11. The van der Waals surface area contributed by atoms with Crippen LogP contribution < -0.4 is 4.74 Å². The molecule has 0 atom stereocenters. The molecule has 0 aliphatic heterocycles. The number of nitrogens with zero attached hydrogens (tertiary/aromatic N) is 2. The van der Waals surface area contributed by atoms with E-state index in [2.05, 4.69) is 24.0 Å². The molecule has 0 saturated carbocycles. The summed E-state index contributed by atoms with van der Waals surface area (Å²) in [5.74, 6) is 0.535. The van der Waals surface area contributed by atoms with Gasteiger partial charge in [0.05, 0.1) is 11.0 Å². The third-order valence-electron chi connectivity index (χ3n) is 3.96. The maximum Gasteiger partial charge on any atom is 0.132 e. The number of fused-ring (bicyclic) bond motifs is 1. The molecule has 24 heavy (non-hydrogen) atoms. The molecule has 2 heterocycles. The lowest BCUT2D eigenvalue weighted by Gasteiger charge is -2.06. The van der Waals surface area contributed by atoms with Gasteiger partial charge in [0, 0.05) is 17.5 Å². The second kappa shape index (κ2) is 6.09. The molecule has 0 amide bonds. The average Bonchev–Trinajstić information content (AvgIpc) is 3.20. The van der Waals surface area contributed by atoms with E-state index in [0.29, 0.717) is 6.61 Å². The zero-order chi connectivity index (χ0) is 16.5. The van der Waals surface area contributed by atoms with Gasteiger partial charge in [-0.1, -0.05) is 24.3 Å². The van der Waals surface area contributed by atoms with E-state index in [9.17, 15) is 4.39 Å². The molecule has 0 fully saturated rings. The van der Waals surface area contributed by atoms with Crippen LogP contribution in [0.5, 0.6) is 5.75 Å². The van der Waals surface area contributed by atoms with Gasteiger partial charge in [-0.3, -0.25) is 4.57 Å². The SMILES string of the molecule is Cc1ccccc1COc1csc(-n2cnc3ccc(F)cc32)c1. The first-order valence-corrected chi connectivity index (χ1v) is 8.47. The Morgan fingerprint density at radius 2 is 2.04 bits per heavy atom. The van der Waals surface area contributed by atoms with Crippen molar-refractivity contribution in [3.05, 3.63) is 77.2 Å². The van der Waals surface area contributed by atoms with Gasteiger partial charge in [-0.05, 0) is 30.2 Å². The summed E-state index contributed by atoms with van der Waals surface area (Å²) in [7, 11) is 0. The Balaban J connectivity index is 1.58. The van der Waals surface area contributed by atoms with E-state index in [4.69, 9.17) is 4.74 Å². The minimum Gasteiger partial charge on any atom is -0.488 e. The molecule has 0 spiro atoms. The van der Waals surface area contributed by atoms with E-state index in [0.717, 1.165) is 21.8 Å². The number of imidazole rings is 1. The summed E-state index contributed by atoms with van der Waals surface area (Å²) in [6.07, 6.45) is 1.71. The summed E-state index contributed by atoms with van der Waals surface area (Å²) in [4.78, 5) is 4.31.